The van der Waals surface area contributed by atoms with Crippen LogP contribution in [0.25, 0.3) is 11.1 Å². The van der Waals surface area contributed by atoms with Crippen molar-refractivity contribution in [1.29, 1.82) is 0 Å². The molecule has 1 atom stereocenters. The number of nitrogens with zero attached hydrogens (tertiary/aromatic N) is 1. The second kappa shape index (κ2) is 5.12. The lowest BCUT2D eigenvalue weighted by Gasteiger charge is -1.99. The maximum Gasteiger partial charge on any atom is 0.295 e. The molecule has 0 spiro atoms. The summed E-state index contributed by atoms with van der Waals surface area (Å²) in [5.41, 5.74) is 1.60. The molecule has 0 radical (unpaired) electrons. The molecular formula is C11H14N2O2S. The Morgan fingerprint density at radius 2 is 2.25 bits per heavy atom. The fourth-order valence-electron chi connectivity index (χ4n) is 1.36. The number of rotatable bonds is 5. The molecule has 16 heavy (non-hydrogen) atoms. The van der Waals surface area contributed by atoms with Crippen LogP contribution in [0.2, 0.25) is 0 Å². The van der Waals surface area contributed by atoms with Crippen LogP contribution in [0.1, 0.15) is 6.92 Å². The SMILES string of the molecule is CCS(=O)CCNc1nc2ccccc2o1. The zero-order valence-electron chi connectivity index (χ0n) is 9.10. The summed E-state index contributed by atoms with van der Waals surface area (Å²) in [4.78, 5) is 4.26. The Labute approximate surface area is 96.5 Å². The Morgan fingerprint density at radius 3 is 3.00 bits per heavy atom. The number of hydrogen-bond donors (Lipinski definition) is 1. The zero-order valence-corrected chi connectivity index (χ0v) is 9.92. The van der Waals surface area contributed by atoms with Crippen molar-refractivity contribution in [2.45, 2.75) is 6.92 Å². The van der Waals surface area contributed by atoms with Crippen LogP contribution in [-0.4, -0.2) is 27.2 Å². The highest BCUT2D eigenvalue weighted by Gasteiger charge is 2.04. The van der Waals surface area contributed by atoms with Crippen LogP contribution < -0.4 is 5.32 Å². The summed E-state index contributed by atoms with van der Waals surface area (Å²) in [7, 11) is -0.750. The van der Waals surface area contributed by atoms with Gasteiger partial charge in [0.25, 0.3) is 6.01 Å². The smallest absolute Gasteiger partial charge is 0.295 e. The molecule has 2 aromatic rings. The van der Waals surface area contributed by atoms with E-state index >= 15 is 0 Å². The number of anilines is 1. The van der Waals surface area contributed by atoms with E-state index in [-0.39, 0.29) is 0 Å². The van der Waals surface area contributed by atoms with Crippen molar-refractivity contribution in [1.82, 2.24) is 4.98 Å². The van der Waals surface area contributed by atoms with Crippen molar-refractivity contribution in [2.75, 3.05) is 23.4 Å². The molecule has 5 heteroatoms. The van der Waals surface area contributed by atoms with Gasteiger partial charge < -0.3 is 9.73 Å². The molecule has 0 bridgehead atoms. The molecule has 2 rings (SSSR count). The van der Waals surface area contributed by atoms with Crippen LogP contribution in [-0.2, 0) is 10.8 Å². The lowest BCUT2D eigenvalue weighted by atomic mass is 10.3. The summed E-state index contributed by atoms with van der Waals surface area (Å²) < 4.78 is 16.7. The molecule has 1 N–H and O–H groups in total. The van der Waals surface area contributed by atoms with Gasteiger partial charge in [-0.2, -0.15) is 4.98 Å². The topological polar surface area (TPSA) is 55.1 Å². The Morgan fingerprint density at radius 1 is 1.44 bits per heavy atom. The fourth-order valence-corrected chi connectivity index (χ4v) is 1.98. The Balaban J connectivity index is 1.97. The zero-order chi connectivity index (χ0) is 11.4. The van der Waals surface area contributed by atoms with Gasteiger partial charge in [-0.1, -0.05) is 19.1 Å². The van der Waals surface area contributed by atoms with Crippen molar-refractivity contribution in [3.8, 4) is 0 Å². The summed E-state index contributed by atoms with van der Waals surface area (Å²) >= 11 is 0. The molecular weight excluding hydrogens is 224 g/mol. The van der Waals surface area contributed by atoms with E-state index in [1.165, 1.54) is 0 Å². The summed E-state index contributed by atoms with van der Waals surface area (Å²) in [6, 6.07) is 8.09. The molecule has 0 saturated heterocycles. The first kappa shape index (κ1) is 11.1. The number of nitrogens with one attached hydrogen (secondary N) is 1. The minimum Gasteiger partial charge on any atom is -0.424 e. The van der Waals surface area contributed by atoms with E-state index in [4.69, 9.17) is 4.42 Å². The number of benzene rings is 1. The van der Waals surface area contributed by atoms with Gasteiger partial charge in [0, 0.05) is 28.9 Å². The van der Waals surface area contributed by atoms with Crippen LogP contribution in [0.4, 0.5) is 6.01 Å². The van der Waals surface area contributed by atoms with Crippen LogP contribution in [0.15, 0.2) is 28.7 Å². The number of oxazole rings is 1. The van der Waals surface area contributed by atoms with Gasteiger partial charge in [0.1, 0.15) is 5.52 Å². The monoisotopic (exact) mass is 238 g/mol. The van der Waals surface area contributed by atoms with Crippen molar-refractivity contribution in [3.05, 3.63) is 24.3 Å². The van der Waals surface area contributed by atoms with Crippen molar-refractivity contribution in [3.63, 3.8) is 0 Å². The van der Waals surface area contributed by atoms with E-state index in [9.17, 15) is 4.21 Å². The Kier molecular flexibility index (Phi) is 3.56. The van der Waals surface area contributed by atoms with Crippen LogP contribution >= 0.6 is 0 Å². The minimum absolute atomic E-state index is 0.495. The molecule has 4 nitrogen and oxygen atoms in total. The summed E-state index contributed by atoms with van der Waals surface area (Å²) in [6.07, 6.45) is 0. The Hall–Kier alpha value is -1.36. The van der Waals surface area contributed by atoms with Gasteiger partial charge >= 0.3 is 0 Å². The van der Waals surface area contributed by atoms with E-state index in [0.29, 0.717) is 24.1 Å². The highest BCUT2D eigenvalue weighted by atomic mass is 32.2. The summed E-state index contributed by atoms with van der Waals surface area (Å²) in [5.74, 6) is 1.31. The second-order valence-corrected chi connectivity index (χ2v) is 5.21. The average molecular weight is 238 g/mol. The number of aromatic nitrogens is 1. The third kappa shape index (κ3) is 2.61. The number of fused-ring (bicyclic) bond motifs is 1. The van der Waals surface area contributed by atoms with Crippen LogP contribution in [0, 0.1) is 0 Å². The molecule has 0 fully saturated rings. The summed E-state index contributed by atoms with van der Waals surface area (Å²) in [6.45, 7) is 2.53. The highest BCUT2D eigenvalue weighted by Crippen LogP contribution is 2.17. The predicted molar refractivity (Wildman–Crippen MR) is 66.0 cm³/mol. The first-order valence-corrected chi connectivity index (χ1v) is 6.73. The van der Waals surface area contributed by atoms with Gasteiger partial charge in [-0.05, 0) is 12.1 Å². The van der Waals surface area contributed by atoms with Gasteiger partial charge in [-0.15, -0.1) is 0 Å². The van der Waals surface area contributed by atoms with Gasteiger partial charge in [0.2, 0.25) is 0 Å². The first-order valence-electron chi connectivity index (χ1n) is 5.24. The Bertz CT molecular complexity index is 462. The first-order chi connectivity index (χ1) is 7.79. The van der Waals surface area contributed by atoms with Gasteiger partial charge in [-0.25, -0.2) is 0 Å². The van der Waals surface area contributed by atoms with Crippen LogP contribution in [0.3, 0.4) is 0 Å². The van der Waals surface area contributed by atoms with Gasteiger partial charge in [0.05, 0.1) is 0 Å². The van der Waals surface area contributed by atoms with Crippen molar-refractivity contribution >= 4 is 27.9 Å². The molecule has 1 unspecified atom stereocenters. The number of hydrogen-bond acceptors (Lipinski definition) is 4. The molecule has 0 aliphatic heterocycles. The standard InChI is InChI=1S/C11H14N2O2S/c1-2-16(14)8-7-12-11-13-9-5-3-4-6-10(9)15-11/h3-6H,2,7-8H2,1H3,(H,12,13). The van der Waals surface area contributed by atoms with E-state index < -0.39 is 10.8 Å². The van der Waals surface area contributed by atoms with E-state index in [0.717, 1.165) is 11.1 Å². The number of para-hydroxylation sites is 2. The molecule has 0 saturated carbocycles. The molecule has 1 heterocycles. The maximum absolute atomic E-state index is 11.2. The van der Waals surface area contributed by atoms with Gasteiger partial charge in [0.15, 0.2) is 5.58 Å². The minimum atomic E-state index is -0.750. The van der Waals surface area contributed by atoms with Crippen LogP contribution in [0.5, 0.6) is 0 Å². The highest BCUT2D eigenvalue weighted by molar-refractivity contribution is 7.84. The van der Waals surface area contributed by atoms with Crippen molar-refractivity contribution < 1.29 is 8.63 Å². The van der Waals surface area contributed by atoms with Crippen molar-refractivity contribution in [2.24, 2.45) is 0 Å². The molecule has 86 valence electrons. The largest absolute Gasteiger partial charge is 0.424 e. The van der Waals surface area contributed by atoms with Gasteiger partial charge in [-0.3, -0.25) is 4.21 Å². The van der Waals surface area contributed by atoms with E-state index in [1.54, 1.807) is 0 Å². The lowest BCUT2D eigenvalue weighted by Crippen LogP contribution is -2.11. The molecule has 0 amide bonds. The second-order valence-electron chi connectivity index (χ2n) is 3.35. The maximum atomic E-state index is 11.2. The molecule has 0 aliphatic rings. The quantitative estimate of drug-likeness (QED) is 0.865. The normalized spacial score (nSPS) is 12.8. The molecule has 0 aliphatic carbocycles. The lowest BCUT2D eigenvalue weighted by molar-refractivity contribution is 0.616. The third-order valence-electron chi connectivity index (χ3n) is 2.22. The average Bonchev–Trinajstić information content (AvgIpc) is 2.71. The summed E-state index contributed by atoms with van der Waals surface area (Å²) in [5, 5.41) is 3.03. The van der Waals surface area contributed by atoms with E-state index in [1.807, 2.05) is 31.2 Å². The predicted octanol–water partition coefficient (Wildman–Crippen LogP) is 2.01. The van der Waals surface area contributed by atoms with E-state index in [2.05, 4.69) is 10.3 Å². The third-order valence-corrected chi connectivity index (χ3v) is 3.53. The fraction of sp³-hybridized carbons (Fsp3) is 0.364. The molecule has 1 aromatic heterocycles. The molecule has 1 aromatic carbocycles.